The van der Waals surface area contributed by atoms with E-state index in [1.807, 2.05) is 22.9 Å². The number of hydrogen-bond donors (Lipinski definition) is 2. The Morgan fingerprint density at radius 1 is 1.23 bits per heavy atom. The molecule has 0 spiro atoms. The van der Waals surface area contributed by atoms with E-state index in [2.05, 4.69) is 5.32 Å². The van der Waals surface area contributed by atoms with Crippen LogP contribution in [-0.4, -0.2) is 30.3 Å². The van der Waals surface area contributed by atoms with E-state index in [1.54, 1.807) is 30.3 Å². The second-order valence-corrected chi connectivity index (χ2v) is 6.71. The highest BCUT2D eigenvalue weighted by molar-refractivity contribution is 7.08. The van der Waals surface area contributed by atoms with Gasteiger partial charge in [-0.1, -0.05) is 12.1 Å². The summed E-state index contributed by atoms with van der Waals surface area (Å²) in [5, 5.41) is 17.6. The summed E-state index contributed by atoms with van der Waals surface area (Å²) in [6.45, 7) is 0.0675. The van der Waals surface area contributed by atoms with Crippen molar-refractivity contribution in [2.75, 3.05) is 13.2 Å². The van der Waals surface area contributed by atoms with Crippen LogP contribution in [0.5, 0.6) is 11.5 Å². The van der Waals surface area contributed by atoms with Gasteiger partial charge in [-0.25, -0.2) is 0 Å². The fourth-order valence-electron chi connectivity index (χ4n) is 2.82. The van der Waals surface area contributed by atoms with Crippen molar-refractivity contribution in [3.8, 4) is 11.5 Å². The van der Waals surface area contributed by atoms with Gasteiger partial charge in [-0.15, -0.1) is 0 Å². The summed E-state index contributed by atoms with van der Waals surface area (Å²) in [5.74, 6) is 1.14. The Hall–Kier alpha value is -2.77. The lowest BCUT2D eigenvalue weighted by Crippen LogP contribution is -2.48. The molecule has 2 N–H and O–H groups in total. The van der Waals surface area contributed by atoms with Crippen molar-refractivity contribution >= 4 is 17.2 Å². The van der Waals surface area contributed by atoms with Crippen molar-refractivity contribution in [2.24, 2.45) is 0 Å². The summed E-state index contributed by atoms with van der Waals surface area (Å²) in [4.78, 5) is 12.5. The molecule has 26 heavy (non-hydrogen) atoms. The second kappa shape index (κ2) is 6.86. The molecule has 0 radical (unpaired) electrons. The van der Waals surface area contributed by atoms with E-state index in [1.165, 1.54) is 17.6 Å². The van der Waals surface area contributed by atoms with E-state index in [4.69, 9.17) is 13.9 Å². The zero-order valence-electron chi connectivity index (χ0n) is 13.8. The smallest absolute Gasteiger partial charge is 0.264 e. The number of fused-ring (bicyclic) bond motifs is 1. The summed E-state index contributed by atoms with van der Waals surface area (Å²) in [5.41, 5.74) is -0.795. The molecule has 2 aromatic heterocycles. The highest BCUT2D eigenvalue weighted by atomic mass is 32.1. The van der Waals surface area contributed by atoms with Gasteiger partial charge in [-0.05, 0) is 41.1 Å². The molecule has 134 valence electrons. The molecule has 1 aliphatic heterocycles. The summed E-state index contributed by atoms with van der Waals surface area (Å²) in [6, 6.07) is 12.4. The van der Waals surface area contributed by atoms with Gasteiger partial charge in [0.15, 0.2) is 17.1 Å². The molecule has 0 saturated heterocycles. The molecule has 0 aliphatic carbocycles. The Balaban J connectivity index is 1.48. The first-order chi connectivity index (χ1) is 12.7. The van der Waals surface area contributed by atoms with E-state index in [9.17, 15) is 9.90 Å². The van der Waals surface area contributed by atoms with Crippen molar-refractivity contribution in [1.82, 2.24) is 5.32 Å². The summed E-state index contributed by atoms with van der Waals surface area (Å²) in [7, 11) is 0. The first kappa shape index (κ1) is 16.7. The van der Waals surface area contributed by atoms with Crippen LogP contribution in [0.1, 0.15) is 11.3 Å². The normalized spacial score (nSPS) is 18.1. The van der Waals surface area contributed by atoms with Crippen LogP contribution in [-0.2, 0) is 10.4 Å². The van der Waals surface area contributed by atoms with E-state index in [0.717, 1.165) is 0 Å². The lowest BCUT2D eigenvalue weighted by atomic mass is 9.93. The summed E-state index contributed by atoms with van der Waals surface area (Å²) < 4.78 is 16.7. The molecule has 7 heteroatoms. The number of thiophene rings is 1. The summed E-state index contributed by atoms with van der Waals surface area (Å²) >= 11 is 1.46. The molecule has 2 unspecified atom stereocenters. The highest BCUT2D eigenvalue weighted by Gasteiger charge is 2.37. The third-order valence-corrected chi connectivity index (χ3v) is 4.93. The number of amides is 1. The third-order valence-electron chi connectivity index (χ3n) is 4.25. The van der Waals surface area contributed by atoms with Gasteiger partial charge in [0, 0.05) is 5.56 Å². The van der Waals surface area contributed by atoms with Gasteiger partial charge in [0.2, 0.25) is 6.10 Å². The van der Waals surface area contributed by atoms with E-state index < -0.39 is 11.7 Å². The average Bonchev–Trinajstić information content (AvgIpc) is 3.39. The van der Waals surface area contributed by atoms with Gasteiger partial charge in [0.25, 0.3) is 5.91 Å². The van der Waals surface area contributed by atoms with Gasteiger partial charge < -0.3 is 24.3 Å². The van der Waals surface area contributed by atoms with Crippen LogP contribution in [0.15, 0.2) is 63.9 Å². The number of ether oxygens (including phenoxy) is 2. The Morgan fingerprint density at radius 3 is 2.81 bits per heavy atom. The van der Waals surface area contributed by atoms with Crippen LogP contribution in [0.25, 0.3) is 0 Å². The maximum Gasteiger partial charge on any atom is 0.264 e. The Morgan fingerprint density at radius 2 is 2.08 bits per heavy atom. The van der Waals surface area contributed by atoms with Gasteiger partial charge in [-0.3, -0.25) is 4.79 Å². The SMILES string of the molecule is O=C(NCC(O)(c1ccsc1)c1ccco1)C1COc2ccccc2O1. The number of hydrogen-bond acceptors (Lipinski definition) is 6. The number of furan rings is 1. The van der Waals surface area contributed by atoms with Crippen molar-refractivity contribution in [3.05, 3.63) is 70.8 Å². The first-order valence-corrected chi connectivity index (χ1v) is 9.06. The highest BCUT2D eigenvalue weighted by Crippen LogP contribution is 2.32. The van der Waals surface area contributed by atoms with Crippen LogP contribution < -0.4 is 14.8 Å². The maximum atomic E-state index is 12.5. The number of carbonyl (C=O) groups is 1. The fourth-order valence-corrected chi connectivity index (χ4v) is 3.55. The minimum atomic E-state index is -1.45. The molecule has 1 aromatic carbocycles. The third kappa shape index (κ3) is 3.07. The Bertz CT molecular complexity index is 841. The average molecular weight is 371 g/mol. The lowest BCUT2D eigenvalue weighted by Gasteiger charge is -2.29. The van der Waals surface area contributed by atoms with Crippen LogP contribution in [0, 0.1) is 0 Å². The van der Waals surface area contributed by atoms with E-state index >= 15 is 0 Å². The van der Waals surface area contributed by atoms with E-state index in [-0.39, 0.29) is 19.1 Å². The quantitative estimate of drug-likeness (QED) is 0.720. The topological polar surface area (TPSA) is 80.9 Å². The van der Waals surface area contributed by atoms with Crippen molar-refractivity contribution in [3.63, 3.8) is 0 Å². The number of carbonyl (C=O) groups excluding carboxylic acids is 1. The molecule has 2 atom stereocenters. The molecule has 6 nitrogen and oxygen atoms in total. The summed E-state index contributed by atoms with van der Waals surface area (Å²) in [6.07, 6.45) is 0.706. The van der Waals surface area contributed by atoms with Gasteiger partial charge >= 0.3 is 0 Å². The predicted octanol–water partition coefficient (Wildman–Crippen LogP) is 2.53. The van der Waals surface area contributed by atoms with Gasteiger partial charge in [-0.2, -0.15) is 11.3 Å². The Labute approximate surface area is 154 Å². The zero-order chi connectivity index (χ0) is 18.0. The van der Waals surface area contributed by atoms with Gasteiger partial charge in [0.1, 0.15) is 12.4 Å². The monoisotopic (exact) mass is 371 g/mol. The molecular formula is C19H17NO5S. The molecule has 4 rings (SSSR count). The first-order valence-electron chi connectivity index (χ1n) is 8.12. The number of aliphatic hydroxyl groups is 1. The number of benzene rings is 1. The molecule has 3 aromatic rings. The standard InChI is InChI=1S/C19H17NO5S/c21-18(16-10-24-14-4-1-2-5-15(14)25-16)20-12-19(22,13-7-9-26-11-13)17-6-3-8-23-17/h1-9,11,16,22H,10,12H2,(H,20,21). The molecule has 0 saturated carbocycles. The number of para-hydroxylation sites is 2. The predicted molar refractivity (Wildman–Crippen MR) is 95.4 cm³/mol. The van der Waals surface area contributed by atoms with Crippen LogP contribution in [0.2, 0.25) is 0 Å². The molecule has 1 amide bonds. The van der Waals surface area contributed by atoms with Crippen molar-refractivity contribution in [1.29, 1.82) is 0 Å². The maximum absolute atomic E-state index is 12.5. The minimum absolute atomic E-state index is 0.0441. The minimum Gasteiger partial charge on any atom is -0.485 e. The molecule has 0 bridgehead atoms. The van der Waals surface area contributed by atoms with Crippen molar-refractivity contribution < 1.29 is 23.8 Å². The molecule has 0 fully saturated rings. The Kier molecular flexibility index (Phi) is 4.40. The molecule has 1 aliphatic rings. The van der Waals surface area contributed by atoms with Crippen molar-refractivity contribution in [2.45, 2.75) is 11.7 Å². The number of nitrogens with one attached hydrogen (secondary N) is 1. The fraction of sp³-hybridized carbons (Fsp3) is 0.211. The van der Waals surface area contributed by atoms with Crippen LogP contribution in [0.4, 0.5) is 0 Å². The van der Waals surface area contributed by atoms with Gasteiger partial charge in [0.05, 0.1) is 12.8 Å². The lowest BCUT2D eigenvalue weighted by molar-refractivity contribution is -0.131. The zero-order valence-corrected chi connectivity index (χ0v) is 14.6. The van der Waals surface area contributed by atoms with Crippen LogP contribution >= 0.6 is 11.3 Å². The number of rotatable bonds is 5. The van der Waals surface area contributed by atoms with E-state index in [0.29, 0.717) is 22.8 Å². The second-order valence-electron chi connectivity index (χ2n) is 5.93. The molecule has 3 heterocycles. The largest absolute Gasteiger partial charge is 0.485 e. The molecular weight excluding hydrogens is 354 g/mol. The van der Waals surface area contributed by atoms with Crippen LogP contribution in [0.3, 0.4) is 0 Å².